The molecular formula is C12H24N2. The van der Waals surface area contributed by atoms with E-state index in [1.54, 1.807) is 0 Å². The fourth-order valence-electron chi connectivity index (χ4n) is 2.48. The van der Waals surface area contributed by atoms with Gasteiger partial charge < -0.3 is 5.32 Å². The quantitative estimate of drug-likeness (QED) is 0.720. The van der Waals surface area contributed by atoms with Gasteiger partial charge >= 0.3 is 0 Å². The van der Waals surface area contributed by atoms with E-state index in [4.69, 9.17) is 0 Å². The second-order valence-electron chi connectivity index (χ2n) is 5.44. The van der Waals surface area contributed by atoms with E-state index in [1.807, 2.05) is 0 Å². The summed E-state index contributed by atoms with van der Waals surface area (Å²) >= 11 is 0. The Balaban J connectivity index is 1.77. The molecule has 0 aromatic rings. The number of nitrogens with zero attached hydrogens (tertiary/aromatic N) is 1. The predicted molar refractivity (Wildman–Crippen MR) is 60.4 cm³/mol. The van der Waals surface area contributed by atoms with Gasteiger partial charge in [-0.1, -0.05) is 13.8 Å². The van der Waals surface area contributed by atoms with Crippen molar-refractivity contribution in [1.82, 2.24) is 10.2 Å². The van der Waals surface area contributed by atoms with Crippen molar-refractivity contribution in [3.8, 4) is 0 Å². The zero-order valence-corrected chi connectivity index (χ0v) is 9.63. The summed E-state index contributed by atoms with van der Waals surface area (Å²) in [7, 11) is 0. The van der Waals surface area contributed by atoms with E-state index in [-0.39, 0.29) is 0 Å². The lowest BCUT2D eigenvalue weighted by molar-refractivity contribution is 0.204. The molecule has 2 rings (SSSR count). The summed E-state index contributed by atoms with van der Waals surface area (Å²) in [5.74, 6) is 1.75. The number of nitrogens with one attached hydrogen (secondary N) is 1. The molecule has 1 N–H and O–H groups in total. The Labute approximate surface area is 88.1 Å². The highest BCUT2D eigenvalue weighted by Gasteiger charge is 2.31. The summed E-state index contributed by atoms with van der Waals surface area (Å²) < 4.78 is 0. The molecule has 82 valence electrons. The van der Waals surface area contributed by atoms with Crippen molar-refractivity contribution in [3.63, 3.8) is 0 Å². The molecule has 2 aliphatic rings. The van der Waals surface area contributed by atoms with Crippen LogP contribution in [0.15, 0.2) is 0 Å². The van der Waals surface area contributed by atoms with Crippen LogP contribution in [0, 0.1) is 11.8 Å². The van der Waals surface area contributed by atoms with E-state index >= 15 is 0 Å². The van der Waals surface area contributed by atoms with E-state index in [9.17, 15) is 0 Å². The predicted octanol–water partition coefficient (Wildman–Crippen LogP) is 1.72. The smallest absolute Gasteiger partial charge is 0.00966 e. The molecule has 2 fully saturated rings. The van der Waals surface area contributed by atoms with Crippen molar-refractivity contribution in [1.29, 1.82) is 0 Å². The van der Waals surface area contributed by atoms with Gasteiger partial charge in [-0.2, -0.15) is 0 Å². The van der Waals surface area contributed by atoms with Gasteiger partial charge in [0.25, 0.3) is 0 Å². The van der Waals surface area contributed by atoms with Gasteiger partial charge in [-0.15, -0.1) is 0 Å². The van der Waals surface area contributed by atoms with Gasteiger partial charge in [0.1, 0.15) is 0 Å². The van der Waals surface area contributed by atoms with Crippen LogP contribution in [0.3, 0.4) is 0 Å². The van der Waals surface area contributed by atoms with Crippen molar-refractivity contribution in [2.24, 2.45) is 11.8 Å². The van der Waals surface area contributed by atoms with Gasteiger partial charge in [-0.3, -0.25) is 4.90 Å². The van der Waals surface area contributed by atoms with Crippen molar-refractivity contribution in [2.75, 3.05) is 26.2 Å². The van der Waals surface area contributed by atoms with E-state index in [0.717, 1.165) is 17.9 Å². The van der Waals surface area contributed by atoms with Gasteiger partial charge in [0.05, 0.1) is 0 Å². The molecule has 0 aromatic carbocycles. The summed E-state index contributed by atoms with van der Waals surface area (Å²) in [5, 5.41) is 3.46. The molecule has 1 heterocycles. The van der Waals surface area contributed by atoms with Crippen LogP contribution in [-0.4, -0.2) is 37.1 Å². The molecule has 1 unspecified atom stereocenters. The van der Waals surface area contributed by atoms with Crippen LogP contribution < -0.4 is 5.32 Å². The van der Waals surface area contributed by atoms with Crippen LogP contribution in [0.4, 0.5) is 0 Å². The number of hydrogen-bond donors (Lipinski definition) is 1. The maximum Gasteiger partial charge on any atom is 0.00966 e. The highest BCUT2D eigenvalue weighted by Crippen LogP contribution is 2.28. The summed E-state index contributed by atoms with van der Waals surface area (Å²) in [6.07, 6.45) is 4.29. The lowest BCUT2D eigenvalue weighted by Gasteiger charge is -2.26. The molecule has 1 aliphatic carbocycles. The zero-order chi connectivity index (χ0) is 9.97. The monoisotopic (exact) mass is 196 g/mol. The van der Waals surface area contributed by atoms with Crippen molar-refractivity contribution in [2.45, 2.75) is 39.2 Å². The fraction of sp³-hybridized carbons (Fsp3) is 1.00. The van der Waals surface area contributed by atoms with Crippen molar-refractivity contribution < 1.29 is 0 Å². The van der Waals surface area contributed by atoms with E-state index in [0.29, 0.717) is 0 Å². The maximum absolute atomic E-state index is 3.46. The lowest BCUT2D eigenvalue weighted by Crippen LogP contribution is -2.35. The second kappa shape index (κ2) is 4.63. The molecule has 2 nitrogen and oxygen atoms in total. The SMILES string of the molecule is CC(C)CN(CC1CCNC1)C1CC1. The van der Waals surface area contributed by atoms with E-state index in [2.05, 4.69) is 24.1 Å². The minimum Gasteiger partial charge on any atom is -0.316 e. The van der Waals surface area contributed by atoms with Crippen LogP contribution in [0.2, 0.25) is 0 Å². The van der Waals surface area contributed by atoms with Crippen LogP contribution in [-0.2, 0) is 0 Å². The number of hydrogen-bond acceptors (Lipinski definition) is 2. The Morgan fingerprint density at radius 3 is 2.57 bits per heavy atom. The third-order valence-corrected chi connectivity index (χ3v) is 3.32. The summed E-state index contributed by atoms with van der Waals surface area (Å²) in [4.78, 5) is 2.74. The minimum atomic E-state index is 0.824. The first-order valence-corrected chi connectivity index (χ1v) is 6.20. The van der Waals surface area contributed by atoms with Gasteiger partial charge in [-0.05, 0) is 44.2 Å². The summed E-state index contributed by atoms with van der Waals surface area (Å²) in [6.45, 7) is 9.81. The molecule has 0 spiro atoms. The first-order chi connectivity index (χ1) is 6.75. The highest BCUT2D eigenvalue weighted by atomic mass is 15.2. The molecule has 1 saturated carbocycles. The van der Waals surface area contributed by atoms with Crippen LogP contribution in [0.1, 0.15) is 33.1 Å². The Hall–Kier alpha value is -0.0800. The van der Waals surface area contributed by atoms with Gasteiger partial charge in [-0.25, -0.2) is 0 Å². The van der Waals surface area contributed by atoms with Gasteiger partial charge in [0, 0.05) is 19.1 Å². The minimum absolute atomic E-state index is 0.824. The molecule has 0 amide bonds. The average Bonchev–Trinajstić information content (AvgIpc) is 2.85. The Bertz CT molecular complexity index is 169. The molecule has 0 bridgehead atoms. The zero-order valence-electron chi connectivity index (χ0n) is 9.63. The third kappa shape index (κ3) is 2.96. The van der Waals surface area contributed by atoms with Crippen LogP contribution in [0.25, 0.3) is 0 Å². The number of rotatable bonds is 5. The van der Waals surface area contributed by atoms with E-state index in [1.165, 1.54) is 45.4 Å². The van der Waals surface area contributed by atoms with Crippen LogP contribution in [0.5, 0.6) is 0 Å². The van der Waals surface area contributed by atoms with E-state index < -0.39 is 0 Å². The Morgan fingerprint density at radius 2 is 2.07 bits per heavy atom. The molecular weight excluding hydrogens is 172 g/mol. The highest BCUT2D eigenvalue weighted by molar-refractivity contribution is 4.87. The Morgan fingerprint density at radius 1 is 1.29 bits per heavy atom. The van der Waals surface area contributed by atoms with Crippen molar-refractivity contribution in [3.05, 3.63) is 0 Å². The van der Waals surface area contributed by atoms with Gasteiger partial charge in [0.15, 0.2) is 0 Å². The first-order valence-electron chi connectivity index (χ1n) is 6.20. The molecule has 2 heteroatoms. The second-order valence-corrected chi connectivity index (χ2v) is 5.44. The Kier molecular flexibility index (Phi) is 3.45. The van der Waals surface area contributed by atoms with Crippen molar-refractivity contribution >= 4 is 0 Å². The molecule has 0 radical (unpaired) electrons. The largest absolute Gasteiger partial charge is 0.316 e. The topological polar surface area (TPSA) is 15.3 Å². The molecule has 1 aliphatic heterocycles. The fourth-order valence-corrected chi connectivity index (χ4v) is 2.48. The standard InChI is InChI=1S/C12H24N2/c1-10(2)8-14(12-3-4-12)9-11-5-6-13-7-11/h10-13H,3-9H2,1-2H3. The third-order valence-electron chi connectivity index (χ3n) is 3.32. The molecule has 1 saturated heterocycles. The first kappa shape index (κ1) is 10.4. The molecule has 1 atom stereocenters. The summed E-state index contributed by atoms with van der Waals surface area (Å²) in [5.41, 5.74) is 0. The van der Waals surface area contributed by atoms with Gasteiger partial charge in [0.2, 0.25) is 0 Å². The average molecular weight is 196 g/mol. The molecule has 0 aromatic heterocycles. The summed E-state index contributed by atoms with van der Waals surface area (Å²) in [6, 6.07) is 0.943. The maximum atomic E-state index is 3.46. The van der Waals surface area contributed by atoms with Crippen LogP contribution >= 0.6 is 0 Å². The molecule has 14 heavy (non-hydrogen) atoms. The normalized spacial score (nSPS) is 27.9. The lowest BCUT2D eigenvalue weighted by atomic mass is 10.1.